The van der Waals surface area contributed by atoms with E-state index in [-0.39, 0.29) is 0 Å². The molecule has 1 aliphatic rings. The van der Waals surface area contributed by atoms with E-state index in [1.807, 2.05) is 24.3 Å². The minimum Gasteiger partial charge on any atom is -0.385 e. The first-order chi connectivity index (χ1) is 7.99. The van der Waals surface area contributed by atoms with E-state index in [1.54, 1.807) is 0 Å². The fourth-order valence-corrected chi connectivity index (χ4v) is 3.82. The third-order valence-electron chi connectivity index (χ3n) is 3.95. The van der Waals surface area contributed by atoms with Crippen molar-refractivity contribution in [2.24, 2.45) is 5.41 Å². The standard InChI is InChI=1S/C15H21BrO/c1-3-4-9-14(2)10-15(17,11-14)12-7-5-6-8-13(12)16/h5-8,17H,3-4,9-11H2,1-2H3. The average Bonchev–Trinajstić information content (AvgIpc) is 2.25. The molecular formula is C15H21BrO. The van der Waals surface area contributed by atoms with E-state index in [0.29, 0.717) is 5.41 Å². The van der Waals surface area contributed by atoms with Crippen LogP contribution in [0, 0.1) is 5.41 Å². The number of hydrogen-bond acceptors (Lipinski definition) is 1. The van der Waals surface area contributed by atoms with Gasteiger partial charge < -0.3 is 5.11 Å². The molecule has 17 heavy (non-hydrogen) atoms. The molecule has 0 unspecified atom stereocenters. The molecule has 1 nitrogen and oxygen atoms in total. The van der Waals surface area contributed by atoms with Crippen LogP contribution in [0.1, 0.15) is 51.5 Å². The molecular weight excluding hydrogens is 276 g/mol. The maximum Gasteiger partial charge on any atom is 0.0917 e. The number of halogens is 1. The molecule has 0 aromatic heterocycles. The van der Waals surface area contributed by atoms with Crippen molar-refractivity contribution in [2.75, 3.05) is 0 Å². The number of aliphatic hydroxyl groups is 1. The van der Waals surface area contributed by atoms with Gasteiger partial charge in [0.05, 0.1) is 5.60 Å². The van der Waals surface area contributed by atoms with E-state index in [0.717, 1.165) is 22.9 Å². The van der Waals surface area contributed by atoms with Crippen LogP contribution in [-0.4, -0.2) is 5.11 Å². The highest BCUT2D eigenvalue weighted by Gasteiger charge is 2.51. The van der Waals surface area contributed by atoms with Gasteiger partial charge >= 0.3 is 0 Å². The summed E-state index contributed by atoms with van der Waals surface area (Å²) < 4.78 is 1.03. The SMILES string of the molecule is CCCCC1(C)CC(O)(c2ccccc2Br)C1. The predicted molar refractivity (Wildman–Crippen MR) is 74.9 cm³/mol. The van der Waals surface area contributed by atoms with Crippen LogP contribution in [0.15, 0.2) is 28.7 Å². The molecule has 1 fully saturated rings. The number of rotatable bonds is 4. The second-order valence-electron chi connectivity index (χ2n) is 5.78. The van der Waals surface area contributed by atoms with Crippen LogP contribution in [0.2, 0.25) is 0 Å². The fourth-order valence-electron chi connectivity index (χ4n) is 3.17. The summed E-state index contributed by atoms with van der Waals surface area (Å²) in [7, 11) is 0. The Morgan fingerprint density at radius 3 is 2.53 bits per heavy atom. The molecule has 0 atom stereocenters. The van der Waals surface area contributed by atoms with Crippen LogP contribution in [0.3, 0.4) is 0 Å². The van der Waals surface area contributed by atoms with Crippen molar-refractivity contribution in [3.05, 3.63) is 34.3 Å². The van der Waals surface area contributed by atoms with Crippen molar-refractivity contribution in [3.63, 3.8) is 0 Å². The van der Waals surface area contributed by atoms with Gasteiger partial charge in [0.1, 0.15) is 0 Å². The molecule has 1 aromatic carbocycles. The Hall–Kier alpha value is -0.340. The summed E-state index contributed by atoms with van der Waals surface area (Å²) in [6.45, 7) is 4.52. The van der Waals surface area contributed by atoms with Gasteiger partial charge in [-0.15, -0.1) is 0 Å². The van der Waals surface area contributed by atoms with Crippen molar-refractivity contribution >= 4 is 15.9 Å². The number of benzene rings is 1. The van der Waals surface area contributed by atoms with E-state index in [2.05, 4.69) is 29.8 Å². The Morgan fingerprint density at radius 2 is 1.94 bits per heavy atom. The minimum absolute atomic E-state index is 0.333. The van der Waals surface area contributed by atoms with Crippen molar-refractivity contribution in [3.8, 4) is 0 Å². The lowest BCUT2D eigenvalue weighted by molar-refractivity contribution is -0.131. The largest absolute Gasteiger partial charge is 0.385 e. The van der Waals surface area contributed by atoms with Gasteiger partial charge in [-0.3, -0.25) is 0 Å². The zero-order chi connectivity index (χ0) is 12.5. The average molecular weight is 297 g/mol. The summed E-state index contributed by atoms with van der Waals surface area (Å²) in [5, 5.41) is 10.7. The van der Waals surface area contributed by atoms with Crippen LogP contribution in [0.25, 0.3) is 0 Å². The van der Waals surface area contributed by atoms with Gasteiger partial charge in [-0.05, 0) is 36.3 Å². The molecule has 2 heteroatoms. The summed E-state index contributed by atoms with van der Waals surface area (Å²) in [5.41, 5.74) is 0.775. The quantitative estimate of drug-likeness (QED) is 0.859. The van der Waals surface area contributed by atoms with Gasteiger partial charge in [0.15, 0.2) is 0 Å². The zero-order valence-corrected chi connectivity index (χ0v) is 12.3. The van der Waals surface area contributed by atoms with E-state index >= 15 is 0 Å². The third-order valence-corrected chi connectivity index (χ3v) is 4.64. The molecule has 2 rings (SSSR count). The summed E-state index contributed by atoms with van der Waals surface area (Å²) in [6.07, 6.45) is 5.52. The van der Waals surface area contributed by atoms with Gasteiger partial charge in [0.25, 0.3) is 0 Å². The Balaban J connectivity index is 2.08. The fraction of sp³-hybridized carbons (Fsp3) is 0.600. The first-order valence-electron chi connectivity index (χ1n) is 6.46. The molecule has 0 amide bonds. The maximum atomic E-state index is 10.7. The first-order valence-corrected chi connectivity index (χ1v) is 7.26. The molecule has 1 aromatic rings. The molecule has 1 N–H and O–H groups in total. The Morgan fingerprint density at radius 1 is 1.29 bits per heavy atom. The van der Waals surface area contributed by atoms with E-state index in [4.69, 9.17) is 0 Å². The maximum absolute atomic E-state index is 10.7. The van der Waals surface area contributed by atoms with E-state index in [9.17, 15) is 5.11 Å². The second-order valence-corrected chi connectivity index (χ2v) is 6.63. The van der Waals surface area contributed by atoms with E-state index < -0.39 is 5.60 Å². The normalized spacial score (nSPS) is 32.2. The molecule has 0 heterocycles. The van der Waals surface area contributed by atoms with Gasteiger partial charge in [0, 0.05) is 4.47 Å². The summed E-state index contributed by atoms with van der Waals surface area (Å²) >= 11 is 3.54. The van der Waals surface area contributed by atoms with Crippen LogP contribution < -0.4 is 0 Å². The van der Waals surface area contributed by atoms with Gasteiger partial charge in [-0.1, -0.05) is 60.8 Å². The smallest absolute Gasteiger partial charge is 0.0917 e. The number of hydrogen-bond donors (Lipinski definition) is 1. The monoisotopic (exact) mass is 296 g/mol. The first kappa shape index (κ1) is 13.1. The molecule has 94 valence electrons. The molecule has 0 spiro atoms. The van der Waals surface area contributed by atoms with E-state index in [1.165, 1.54) is 19.3 Å². The molecule has 0 radical (unpaired) electrons. The molecule has 0 aliphatic heterocycles. The van der Waals surface area contributed by atoms with Crippen LogP contribution in [-0.2, 0) is 5.60 Å². The molecule has 0 bridgehead atoms. The summed E-state index contributed by atoms with van der Waals surface area (Å²) in [4.78, 5) is 0. The minimum atomic E-state index is -0.609. The topological polar surface area (TPSA) is 20.2 Å². The highest BCUT2D eigenvalue weighted by molar-refractivity contribution is 9.10. The van der Waals surface area contributed by atoms with Crippen molar-refractivity contribution in [1.82, 2.24) is 0 Å². The van der Waals surface area contributed by atoms with Crippen LogP contribution in [0.5, 0.6) is 0 Å². The van der Waals surface area contributed by atoms with Gasteiger partial charge in [-0.2, -0.15) is 0 Å². The highest BCUT2D eigenvalue weighted by Crippen LogP contribution is 2.57. The zero-order valence-electron chi connectivity index (χ0n) is 10.7. The summed E-state index contributed by atoms with van der Waals surface area (Å²) in [5.74, 6) is 0. The molecule has 1 aliphatic carbocycles. The Bertz CT molecular complexity index is 394. The van der Waals surface area contributed by atoms with Crippen molar-refractivity contribution in [2.45, 2.75) is 51.6 Å². The Kier molecular flexibility index (Phi) is 3.65. The van der Waals surface area contributed by atoms with Gasteiger partial charge in [-0.25, -0.2) is 0 Å². The second kappa shape index (κ2) is 4.74. The highest BCUT2D eigenvalue weighted by atomic mass is 79.9. The van der Waals surface area contributed by atoms with Crippen LogP contribution >= 0.6 is 15.9 Å². The number of unbranched alkanes of at least 4 members (excludes halogenated alkanes) is 1. The van der Waals surface area contributed by atoms with Crippen LogP contribution in [0.4, 0.5) is 0 Å². The molecule has 1 saturated carbocycles. The van der Waals surface area contributed by atoms with Gasteiger partial charge in [0.2, 0.25) is 0 Å². The lowest BCUT2D eigenvalue weighted by Crippen LogP contribution is -2.48. The Labute approximate surface area is 112 Å². The summed E-state index contributed by atoms with van der Waals surface area (Å²) in [6, 6.07) is 8.03. The van der Waals surface area contributed by atoms with Crippen molar-refractivity contribution < 1.29 is 5.11 Å². The van der Waals surface area contributed by atoms with Crippen molar-refractivity contribution in [1.29, 1.82) is 0 Å². The molecule has 0 saturated heterocycles. The lowest BCUT2D eigenvalue weighted by atomic mass is 9.56. The third kappa shape index (κ3) is 2.58. The predicted octanol–water partition coefficient (Wildman–Crippen LogP) is 4.63. The lowest BCUT2D eigenvalue weighted by Gasteiger charge is -2.52.